The van der Waals surface area contributed by atoms with Crippen LogP contribution in [0.25, 0.3) is 0 Å². The van der Waals surface area contributed by atoms with E-state index in [1.807, 2.05) is 0 Å². The Morgan fingerprint density at radius 1 is 0.708 bits per heavy atom. The van der Waals surface area contributed by atoms with Crippen molar-refractivity contribution in [2.24, 2.45) is 0 Å². The predicted molar refractivity (Wildman–Crippen MR) is 101 cm³/mol. The van der Waals surface area contributed by atoms with Crippen molar-refractivity contribution >= 4 is 0 Å². The second-order valence-electron chi connectivity index (χ2n) is 6.18. The Morgan fingerprint density at radius 2 is 1.29 bits per heavy atom. The minimum atomic E-state index is 0.513. The Bertz CT molecular complexity index is 717. The maximum atomic E-state index is 5.30. The standard InChI is InChI=1S/C23H24O/c1-24-23-16-14-21(15-17-23)22(18-20-10-6-3-7-11-20)13-12-19-8-4-2-5-9-19/h2-11,14-17,22H,12-13,18H2,1H3/t22-/m1/s1. The van der Waals surface area contributed by atoms with E-state index in [2.05, 4.69) is 84.9 Å². The highest BCUT2D eigenvalue weighted by Crippen LogP contribution is 2.27. The van der Waals surface area contributed by atoms with Crippen LogP contribution in [0.2, 0.25) is 0 Å². The van der Waals surface area contributed by atoms with Crippen LogP contribution < -0.4 is 4.74 Å². The smallest absolute Gasteiger partial charge is 0.118 e. The first-order valence-electron chi connectivity index (χ1n) is 8.57. The zero-order chi connectivity index (χ0) is 16.6. The lowest BCUT2D eigenvalue weighted by Crippen LogP contribution is -2.05. The van der Waals surface area contributed by atoms with Crippen molar-refractivity contribution in [1.29, 1.82) is 0 Å². The topological polar surface area (TPSA) is 9.23 Å². The molecule has 0 bridgehead atoms. The molecule has 0 unspecified atom stereocenters. The van der Waals surface area contributed by atoms with Crippen molar-refractivity contribution in [3.63, 3.8) is 0 Å². The van der Waals surface area contributed by atoms with E-state index in [4.69, 9.17) is 4.74 Å². The molecule has 0 aliphatic rings. The third kappa shape index (κ3) is 4.48. The van der Waals surface area contributed by atoms with Gasteiger partial charge in [-0.2, -0.15) is 0 Å². The summed E-state index contributed by atoms with van der Waals surface area (Å²) in [6.45, 7) is 0. The zero-order valence-corrected chi connectivity index (χ0v) is 14.2. The summed E-state index contributed by atoms with van der Waals surface area (Å²) >= 11 is 0. The van der Waals surface area contributed by atoms with E-state index in [0.717, 1.165) is 25.0 Å². The summed E-state index contributed by atoms with van der Waals surface area (Å²) in [4.78, 5) is 0. The monoisotopic (exact) mass is 316 g/mol. The van der Waals surface area contributed by atoms with Crippen molar-refractivity contribution in [1.82, 2.24) is 0 Å². The first-order chi connectivity index (χ1) is 11.8. The summed E-state index contributed by atoms with van der Waals surface area (Å²) in [5, 5.41) is 0. The third-order valence-electron chi connectivity index (χ3n) is 4.54. The van der Waals surface area contributed by atoms with Crippen molar-refractivity contribution in [3.05, 3.63) is 102 Å². The summed E-state index contributed by atoms with van der Waals surface area (Å²) in [6, 6.07) is 30.1. The maximum absolute atomic E-state index is 5.30. The van der Waals surface area contributed by atoms with E-state index in [0.29, 0.717) is 5.92 Å². The molecule has 0 aliphatic carbocycles. The molecular weight excluding hydrogens is 292 g/mol. The molecule has 3 aromatic rings. The van der Waals surface area contributed by atoms with Gasteiger partial charge in [-0.1, -0.05) is 72.8 Å². The largest absolute Gasteiger partial charge is 0.497 e. The molecule has 0 N–H and O–H groups in total. The van der Waals surface area contributed by atoms with E-state index in [1.165, 1.54) is 16.7 Å². The number of ether oxygens (including phenoxy) is 1. The molecule has 0 fully saturated rings. The van der Waals surface area contributed by atoms with Gasteiger partial charge in [0.1, 0.15) is 5.75 Å². The molecule has 1 atom stereocenters. The van der Waals surface area contributed by atoms with Crippen LogP contribution in [0, 0.1) is 0 Å². The molecule has 0 saturated carbocycles. The van der Waals surface area contributed by atoms with Crippen LogP contribution in [0.3, 0.4) is 0 Å². The van der Waals surface area contributed by atoms with Crippen LogP contribution in [0.5, 0.6) is 5.75 Å². The van der Waals surface area contributed by atoms with E-state index in [1.54, 1.807) is 7.11 Å². The molecule has 0 aliphatic heterocycles. The second kappa shape index (κ2) is 8.35. The molecule has 0 spiro atoms. The van der Waals surface area contributed by atoms with Gasteiger partial charge in [0.15, 0.2) is 0 Å². The number of benzene rings is 3. The van der Waals surface area contributed by atoms with Crippen LogP contribution in [0.1, 0.15) is 29.0 Å². The fourth-order valence-corrected chi connectivity index (χ4v) is 3.15. The highest BCUT2D eigenvalue weighted by molar-refractivity contribution is 5.31. The average Bonchev–Trinajstić information content (AvgIpc) is 2.67. The first-order valence-corrected chi connectivity index (χ1v) is 8.57. The van der Waals surface area contributed by atoms with Gasteiger partial charge < -0.3 is 4.74 Å². The van der Waals surface area contributed by atoms with Gasteiger partial charge in [0.2, 0.25) is 0 Å². The van der Waals surface area contributed by atoms with Gasteiger partial charge in [0, 0.05) is 0 Å². The average molecular weight is 316 g/mol. The van der Waals surface area contributed by atoms with E-state index in [9.17, 15) is 0 Å². The lowest BCUT2D eigenvalue weighted by molar-refractivity contribution is 0.414. The van der Waals surface area contributed by atoms with Crippen molar-refractivity contribution in [3.8, 4) is 5.75 Å². The quantitative estimate of drug-likeness (QED) is 0.547. The lowest BCUT2D eigenvalue weighted by atomic mass is 9.87. The van der Waals surface area contributed by atoms with Crippen molar-refractivity contribution < 1.29 is 4.74 Å². The highest BCUT2D eigenvalue weighted by atomic mass is 16.5. The third-order valence-corrected chi connectivity index (χ3v) is 4.54. The Kier molecular flexibility index (Phi) is 5.68. The molecular formula is C23H24O. The Balaban J connectivity index is 1.76. The van der Waals surface area contributed by atoms with Crippen LogP contribution in [0.15, 0.2) is 84.9 Å². The molecule has 122 valence electrons. The van der Waals surface area contributed by atoms with Gasteiger partial charge in [-0.15, -0.1) is 0 Å². The van der Waals surface area contributed by atoms with Crippen LogP contribution in [-0.2, 0) is 12.8 Å². The predicted octanol–water partition coefficient (Wildman–Crippen LogP) is 5.65. The van der Waals surface area contributed by atoms with Crippen LogP contribution in [0.4, 0.5) is 0 Å². The summed E-state index contributed by atoms with van der Waals surface area (Å²) in [5.41, 5.74) is 4.19. The maximum Gasteiger partial charge on any atom is 0.118 e. The van der Waals surface area contributed by atoms with E-state index < -0.39 is 0 Å². The summed E-state index contributed by atoms with van der Waals surface area (Å²) < 4.78 is 5.30. The van der Waals surface area contributed by atoms with Gasteiger partial charge in [-0.05, 0) is 54.0 Å². The molecule has 3 rings (SSSR count). The summed E-state index contributed by atoms with van der Waals surface area (Å²) in [7, 11) is 1.71. The minimum Gasteiger partial charge on any atom is -0.497 e. The fourth-order valence-electron chi connectivity index (χ4n) is 3.15. The molecule has 0 aromatic heterocycles. The van der Waals surface area contributed by atoms with E-state index >= 15 is 0 Å². The molecule has 24 heavy (non-hydrogen) atoms. The van der Waals surface area contributed by atoms with Gasteiger partial charge >= 0.3 is 0 Å². The van der Waals surface area contributed by atoms with Gasteiger partial charge in [-0.25, -0.2) is 0 Å². The Hall–Kier alpha value is -2.54. The number of methoxy groups -OCH3 is 1. The number of hydrogen-bond acceptors (Lipinski definition) is 1. The molecule has 0 saturated heterocycles. The molecule has 3 aromatic carbocycles. The Labute approximate surface area is 144 Å². The van der Waals surface area contributed by atoms with Crippen LogP contribution >= 0.6 is 0 Å². The zero-order valence-electron chi connectivity index (χ0n) is 14.2. The second-order valence-corrected chi connectivity index (χ2v) is 6.18. The molecule has 0 amide bonds. The first kappa shape index (κ1) is 16.3. The lowest BCUT2D eigenvalue weighted by Gasteiger charge is -2.18. The molecule has 1 heteroatoms. The van der Waals surface area contributed by atoms with Gasteiger partial charge in [0.25, 0.3) is 0 Å². The van der Waals surface area contributed by atoms with E-state index in [-0.39, 0.29) is 0 Å². The summed E-state index contributed by atoms with van der Waals surface area (Å²) in [5.74, 6) is 1.43. The highest BCUT2D eigenvalue weighted by Gasteiger charge is 2.13. The number of hydrogen-bond donors (Lipinski definition) is 0. The van der Waals surface area contributed by atoms with Gasteiger partial charge in [-0.3, -0.25) is 0 Å². The van der Waals surface area contributed by atoms with Crippen molar-refractivity contribution in [2.45, 2.75) is 25.2 Å². The SMILES string of the molecule is COc1ccc([C@H](CCc2ccccc2)Cc2ccccc2)cc1. The van der Waals surface area contributed by atoms with Crippen LogP contribution in [-0.4, -0.2) is 7.11 Å². The molecule has 1 nitrogen and oxygen atoms in total. The molecule has 0 heterocycles. The summed E-state index contributed by atoms with van der Waals surface area (Å²) in [6.07, 6.45) is 3.32. The number of rotatable bonds is 7. The van der Waals surface area contributed by atoms with Gasteiger partial charge in [0.05, 0.1) is 7.11 Å². The van der Waals surface area contributed by atoms with Crippen molar-refractivity contribution in [2.75, 3.05) is 7.11 Å². The normalized spacial score (nSPS) is 11.9. The minimum absolute atomic E-state index is 0.513. The number of aryl methyl sites for hydroxylation is 1. The Morgan fingerprint density at radius 3 is 1.88 bits per heavy atom. The molecule has 0 radical (unpaired) electrons. The fraction of sp³-hybridized carbons (Fsp3) is 0.217.